The lowest BCUT2D eigenvalue weighted by atomic mass is 9.70. The van der Waals surface area contributed by atoms with E-state index in [1.54, 1.807) is 12.1 Å². The summed E-state index contributed by atoms with van der Waals surface area (Å²) in [5.74, 6) is 0.195. The number of carbonyl (C=O) groups is 1. The first-order chi connectivity index (χ1) is 17.2. The molecular formula is C27H25N5O3S. The fourth-order valence-electron chi connectivity index (χ4n) is 5.71. The number of hydrogen-bond acceptors (Lipinski definition) is 5. The molecular weight excluding hydrogens is 474 g/mol. The second-order valence-electron chi connectivity index (χ2n) is 10.1. The van der Waals surface area contributed by atoms with Gasteiger partial charge in [0.25, 0.3) is 0 Å². The molecule has 1 aliphatic heterocycles. The van der Waals surface area contributed by atoms with Gasteiger partial charge in [0.2, 0.25) is 0 Å². The number of imidazole rings is 1. The molecule has 2 aliphatic rings. The minimum absolute atomic E-state index is 0.0110. The number of aromatic nitrogens is 3. The largest absolute Gasteiger partial charge is 0.357 e. The van der Waals surface area contributed by atoms with Crippen molar-refractivity contribution < 1.29 is 13.2 Å². The van der Waals surface area contributed by atoms with E-state index >= 15 is 0 Å². The summed E-state index contributed by atoms with van der Waals surface area (Å²) in [6.07, 6.45) is 5.62. The van der Waals surface area contributed by atoms with Crippen LogP contribution in [0.2, 0.25) is 0 Å². The topological polar surface area (TPSA) is 112 Å². The van der Waals surface area contributed by atoms with Crippen molar-refractivity contribution >= 4 is 26.9 Å². The highest BCUT2D eigenvalue weighted by Crippen LogP contribution is 2.45. The number of ketones is 1. The van der Waals surface area contributed by atoms with E-state index in [1.807, 2.05) is 18.2 Å². The Morgan fingerprint density at radius 3 is 2.61 bits per heavy atom. The molecule has 0 saturated carbocycles. The van der Waals surface area contributed by atoms with Gasteiger partial charge in [0.15, 0.2) is 5.78 Å². The van der Waals surface area contributed by atoms with Crippen LogP contribution in [0.3, 0.4) is 0 Å². The predicted octanol–water partition coefficient (Wildman–Crippen LogP) is 4.08. The van der Waals surface area contributed by atoms with Crippen LogP contribution >= 0.6 is 0 Å². The fraction of sp³-hybridized carbons (Fsp3) is 0.296. The summed E-state index contributed by atoms with van der Waals surface area (Å²) in [6, 6.07) is 13.6. The Hall–Kier alpha value is -3.74. The highest BCUT2D eigenvalue weighted by molar-refractivity contribution is 7.87. The second-order valence-corrected chi connectivity index (χ2v) is 11.9. The fourth-order valence-corrected chi connectivity index (χ4v) is 7.03. The number of nitriles is 1. The lowest BCUT2D eigenvalue weighted by molar-refractivity contribution is 0.103. The Labute approximate surface area is 209 Å². The van der Waals surface area contributed by atoms with Crippen LogP contribution in [0.5, 0.6) is 0 Å². The normalized spacial score (nSPS) is 18.1. The van der Waals surface area contributed by atoms with Crippen LogP contribution < -0.4 is 0 Å². The van der Waals surface area contributed by atoms with Gasteiger partial charge >= 0.3 is 10.2 Å². The Balaban J connectivity index is 1.32. The van der Waals surface area contributed by atoms with Crippen molar-refractivity contribution in [3.8, 4) is 6.07 Å². The van der Waals surface area contributed by atoms with Crippen molar-refractivity contribution in [2.45, 2.75) is 38.0 Å². The first-order valence-corrected chi connectivity index (χ1v) is 13.4. The van der Waals surface area contributed by atoms with E-state index < -0.39 is 15.6 Å². The predicted molar refractivity (Wildman–Crippen MR) is 135 cm³/mol. The molecule has 182 valence electrons. The van der Waals surface area contributed by atoms with Crippen molar-refractivity contribution in [1.82, 2.24) is 18.2 Å². The highest BCUT2D eigenvalue weighted by Gasteiger charge is 2.40. The van der Waals surface area contributed by atoms with Gasteiger partial charge in [0, 0.05) is 53.1 Å². The molecule has 0 unspecified atom stereocenters. The molecule has 0 radical (unpaired) electrons. The number of nitrogens with zero attached hydrogens (tertiary/aromatic N) is 4. The molecule has 0 bridgehead atoms. The second kappa shape index (κ2) is 7.88. The maximum absolute atomic E-state index is 13.6. The number of hydrogen-bond donors (Lipinski definition) is 1. The van der Waals surface area contributed by atoms with Crippen molar-refractivity contribution in [3.05, 3.63) is 88.6 Å². The summed E-state index contributed by atoms with van der Waals surface area (Å²) in [7, 11) is -3.60. The molecule has 0 atom stereocenters. The van der Waals surface area contributed by atoms with Gasteiger partial charge in [0.05, 0.1) is 17.2 Å². The first-order valence-electron chi connectivity index (χ1n) is 12.0. The highest BCUT2D eigenvalue weighted by atomic mass is 32.2. The number of nitrogens with one attached hydrogen (secondary N) is 1. The Morgan fingerprint density at radius 1 is 1.14 bits per heavy atom. The van der Waals surface area contributed by atoms with Crippen LogP contribution in [-0.2, 0) is 15.6 Å². The molecule has 1 N–H and O–H groups in total. The number of H-pyrrole nitrogens is 1. The number of carbonyl (C=O) groups excluding carboxylic acids is 1. The smallest absolute Gasteiger partial charge is 0.308 e. The molecule has 36 heavy (non-hydrogen) atoms. The van der Waals surface area contributed by atoms with E-state index in [2.05, 4.69) is 36.0 Å². The van der Waals surface area contributed by atoms with Gasteiger partial charge in [-0.1, -0.05) is 38.1 Å². The summed E-state index contributed by atoms with van der Waals surface area (Å²) < 4.78 is 28.3. The summed E-state index contributed by atoms with van der Waals surface area (Å²) in [5.41, 5.74) is 5.24. The molecule has 3 heterocycles. The zero-order valence-corrected chi connectivity index (χ0v) is 20.8. The van der Waals surface area contributed by atoms with Gasteiger partial charge < -0.3 is 4.98 Å². The van der Waals surface area contributed by atoms with Crippen LogP contribution in [0.1, 0.15) is 70.9 Å². The molecule has 2 aromatic carbocycles. The third-order valence-corrected chi connectivity index (χ3v) is 9.51. The zero-order valence-electron chi connectivity index (χ0n) is 20.0. The molecule has 1 aliphatic carbocycles. The minimum atomic E-state index is -3.60. The SMILES string of the molecule is CC1(C)c2cc(C3CCN(S(=O)(=O)n4ccnc4)CC3)ccc2C(=O)c2c1[nH]c1cc(C#N)ccc21. The van der Waals surface area contributed by atoms with E-state index in [4.69, 9.17) is 0 Å². The van der Waals surface area contributed by atoms with Crippen molar-refractivity contribution in [2.24, 2.45) is 0 Å². The van der Waals surface area contributed by atoms with Crippen LogP contribution in [0.25, 0.3) is 10.9 Å². The zero-order chi connectivity index (χ0) is 25.2. The first kappa shape index (κ1) is 22.7. The Kier molecular flexibility index (Phi) is 4.97. The van der Waals surface area contributed by atoms with Crippen molar-refractivity contribution in [3.63, 3.8) is 0 Å². The van der Waals surface area contributed by atoms with Crippen LogP contribution in [0.4, 0.5) is 0 Å². The Morgan fingerprint density at radius 2 is 1.92 bits per heavy atom. The van der Waals surface area contributed by atoms with E-state index in [-0.39, 0.29) is 11.7 Å². The van der Waals surface area contributed by atoms with Gasteiger partial charge in [-0.15, -0.1) is 0 Å². The van der Waals surface area contributed by atoms with Crippen molar-refractivity contribution in [2.75, 3.05) is 13.1 Å². The minimum Gasteiger partial charge on any atom is -0.357 e. The summed E-state index contributed by atoms with van der Waals surface area (Å²) in [5, 5.41) is 10.1. The van der Waals surface area contributed by atoms with Gasteiger partial charge in [-0.2, -0.15) is 18.0 Å². The number of rotatable bonds is 3. The molecule has 2 aromatic heterocycles. The molecule has 9 heteroatoms. The van der Waals surface area contributed by atoms with E-state index in [1.165, 1.54) is 23.0 Å². The summed E-state index contributed by atoms with van der Waals surface area (Å²) >= 11 is 0. The lowest BCUT2D eigenvalue weighted by Gasteiger charge is -2.35. The standard InChI is InChI=1S/C27H25N5O3S/c1-27(2)22-14-19(18-7-10-31(11-8-18)36(34,35)32-12-9-29-16-32)4-6-20(22)25(33)24-21-5-3-17(15-28)13-23(21)30-26(24)27/h3-6,9,12-14,16,18,30H,7-8,10-11H2,1-2H3. The van der Waals surface area contributed by atoms with Crippen LogP contribution in [-0.4, -0.2) is 45.5 Å². The molecule has 1 fully saturated rings. The molecule has 0 spiro atoms. The van der Waals surface area contributed by atoms with E-state index in [0.29, 0.717) is 42.6 Å². The molecule has 8 nitrogen and oxygen atoms in total. The molecule has 0 amide bonds. The molecule has 1 saturated heterocycles. The number of fused-ring (bicyclic) bond motifs is 4. The van der Waals surface area contributed by atoms with Gasteiger partial charge in [-0.25, -0.2) is 8.96 Å². The summed E-state index contributed by atoms with van der Waals surface area (Å²) in [6.45, 7) is 5.08. The summed E-state index contributed by atoms with van der Waals surface area (Å²) in [4.78, 5) is 20.9. The van der Waals surface area contributed by atoms with E-state index in [0.717, 1.165) is 31.7 Å². The quantitative estimate of drug-likeness (QED) is 0.457. The van der Waals surface area contributed by atoms with Gasteiger partial charge in [-0.05, 0) is 42.0 Å². The van der Waals surface area contributed by atoms with Gasteiger partial charge in [0.1, 0.15) is 6.33 Å². The van der Waals surface area contributed by atoms with E-state index in [9.17, 15) is 18.5 Å². The monoisotopic (exact) mass is 499 g/mol. The Bertz CT molecular complexity index is 1670. The van der Waals surface area contributed by atoms with Crippen molar-refractivity contribution in [1.29, 1.82) is 5.26 Å². The maximum atomic E-state index is 13.6. The third-order valence-electron chi connectivity index (χ3n) is 7.74. The average Bonchev–Trinajstić information content (AvgIpc) is 3.56. The average molecular weight is 500 g/mol. The molecule has 6 rings (SSSR count). The van der Waals surface area contributed by atoms with Crippen LogP contribution in [0, 0.1) is 11.3 Å². The molecule has 4 aromatic rings. The lowest BCUT2D eigenvalue weighted by Crippen LogP contribution is -2.40. The van der Waals surface area contributed by atoms with Crippen LogP contribution in [0.15, 0.2) is 55.1 Å². The number of aromatic amines is 1. The number of piperidine rings is 1. The number of benzene rings is 2. The maximum Gasteiger partial charge on any atom is 0.308 e. The van der Waals surface area contributed by atoms with Gasteiger partial charge in [-0.3, -0.25) is 4.79 Å². The third kappa shape index (κ3) is 3.25.